The Morgan fingerprint density at radius 3 is 2.39 bits per heavy atom. The normalized spacial score (nSPS) is 20.5. The summed E-state index contributed by atoms with van der Waals surface area (Å²) in [6.07, 6.45) is -3.44. The molecule has 1 N–H and O–H groups in total. The van der Waals surface area contributed by atoms with Crippen LogP contribution in [0.1, 0.15) is 49.1 Å². The molecule has 202 valence electrons. The Morgan fingerprint density at radius 2 is 1.68 bits per heavy atom. The van der Waals surface area contributed by atoms with Crippen LogP contribution < -0.4 is 10.2 Å². The lowest BCUT2D eigenvalue weighted by atomic mass is 9.95. The Hall–Kier alpha value is -3.20. The predicted octanol–water partition coefficient (Wildman–Crippen LogP) is 5.13. The Bertz CT molecular complexity index is 1270. The van der Waals surface area contributed by atoms with E-state index in [4.69, 9.17) is 0 Å². The highest BCUT2D eigenvalue weighted by Gasteiger charge is 2.39. The number of anilines is 1. The molecule has 2 heterocycles. The van der Waals surface area contributed by atoms with Gasteiger partial charge in [-0.2, -0.15) is 13.2 Å². The van der Waals surface area contributed by atoms with Gasteiger partial charge in [0.2, 0.25) is 0 Å². The number of hydrogen-bond donors (Lipinski definition) is 1. The Morgan fingerprint density at radius 1 is 0.974 bits per heavy atom. The average Bonchev–Trinajstić information content (AvgIpc) is 3.63. The van der Waals surface area contributed by atoms with Gasteiger partial charge in [0.25, 0.3) is 5.91 Å². The minimum Gasteiger partial charge on any atom is -0.354 e. The number of rotatable bonds is 6. The van der Waals surface area contributed by atoms with Gasteiger partial charge in [-0.25, -0.2) is 9.97 Å². The first-order valence-electron chi connectivity index (χ1n) is 13.2. The summed E-state index contributed by atoms with van der Waals surface area (Å²) in [5.41, 5.74) is -0.771. The quantitative estimate of drug-likeness (QED) is 0.483. The lowest BCUT2D eigenvalue weighted by Gasteiger charge is -2.36. The van der Waals surface area contributed by atoms with Crippen molar-refractivity contribution in [3.63, 3.8) is 0 Å². The molecule has 2 unspecified atom stereocenters. The van der Waals surface area contributed by atoms with Gasteiger partial charge in [-0.15, -0.1) is 0 Å². The van der Waals surface area contributed by atoms with E-state index < -0.39 is 17.3 Å². The fourth-order valence-electron chi connectivity index (χ4n) is 5.09. The maximum atomic E-state index is 13.5. The maximum absolute atomic E-state index is 13.5. The van der Waals surface area contributed by atoms with Crippen molar-refractivity contribution in [1.82, 2.24) is 20.2 Å². The highest BCUT2D eigenvalue weighted by atomic mass is 19.4. The smallest absolute Gasteiger partial charge is 0.354 e. The molecule has 5 rings (SSSR count). The second-order valence-corrected chi connectivity index (χ2v) is 11.5. The number of hydrogen-bond acceptors (Lipinski definition) is 5. The zero-order valence-corrected chi connectivity index (χ0v) is 22.1. The second kappa shape index (κ2) is 10.2. The van der Waals surface area contributed by atoms with Gasteiger partial charge >= 0.3 is 6.18 Å². The van der Waals surface area contributed by atoms with Crippen LogP contribution in [-0.4, -0.2) is 60.0 Å². The summed E-state index contributed by atoms with van der Waals surface area (Å²) < 4.78 is 40.5. The van der Waals surface area contributed by atoms with Gasteiger partial charge in [0, 0.05) is 56.3 Å². The molecule has 1 amide bonds. The molecule has 2 aliphatic rings. The number of halogens is 3. The van der Waals surface area contributed by atoms with Crippen LogP contribution in [0.5, 0.6) is 0 Å². The average molecular weight is 526 g/mol. The Kier molecular flexibility index (Phi) is 7.07. The van der Waals surface area contributed by atoms with E-state index in [1.165, 1.54) is 0 Å². The third kappa shape index (κ3) is 5.93. The van der Waals surface area contributed by atoms with E-state index in [1.807, 2.05) is 68.1 Å². The van der Waals surface area contributed by atoms with Crippen LogP contribution in [0.2, 0.25) is 0 Å². The molecule has 1 aliphatic heterocycles. The molecule has 9 heteroatoms. The van der Waals surface area contributed by atoms with Crippen molar-refractivity contribution >= 4 is 22.5 Å². The lowest BCUT2D eigenvalue weighted by Crippen LogP contribution is -2.47. The lowest BCUT2D eigenvalue weighted by molar-refractivity contribution is -0.141. The van der Waals surface area contributed by atoms with Crippen molar-refractivity contribution in [2.24, 2.45) is 11.8 Å². The molecule has 2 atom stereocenters. The zero-order chi connectivity index (χ0) is 27.1. The number of nitrogens with one attached hydrogen (secondary N) is 1. The summed E-state index contributed by atoms with van der Waals surface area (Å²) in [5.74, 6) is 1.49. The van der Waals surface area contributed by atoms with Gasteiger partial charge in [-0.1, -0.05) is 57.2 Å². The van der Waals surface area contributed by atoms with Crippen molar-refractivity contribution < 1.29 is 18.0 Å². The fraction of sp³-hybridized carbons (Fsp3) is 0.483. The Balaban J connectivity index is 1.12. The number of benzene rings is 2. The van der Waals surface area contributed by atoms with Gasteiger partial charge in [-0.05, 0) is 35.1 Å². The minimum absolute atomic E-state index is 0.0428. The molecule has 2 fully saturated rings. The zero-order valence-electron chi connectivity index (χ0n) is 22.1. The molecule has 2 aromatic carbocycles. The molecule has 0 bridgehead atoms. The molecular formula is C29H34F3N5O. The van der Waals surface area contributed by atoms with Crippen molar-refractivity contribution in [2.75, 3.05) is 44.2 Å². The van der Waals surface area contributed by atoms with Crippen molar-refractivity contribution in [3.05, 3.63) is 65.6 Å². The van der Waals surface area contributed by atoms with Crippen LogP contribution in [0, 0.1) is 11.8 Å². The molecular weight excluding hydrogens is 491 g/mol. The van der Waals surface area contributed by atoms with Crippen LogP contribution in [0.3, 0.4) is 0 Å². The predicted molar refractivity (Wildman–Crippen MR) is 142 cm³/mol. The van der Waals surface area contributed by atoms with Gasteiger partial charge in [0.15, 0.2) is 0 Å². The van der Waals surface area contributed by atoms with E-state index in [9.17, 15) is 18.0 Å². The summed E-state index contributed by atoms with van der Waals surface area (Å²) in [6.45, 7) is 9.82. The van der Waals surface area contributed by atoms with Crippen LogP contribution >= 0.6 is 0 Å². The van der Waals surface area contributed by atoms with Crippen LogP contribution in [0.15, 0.2) is 48.5 Å². The third-order valence-corrected chi connectivity index (χ3v) is 7.49. The summed E-state index contributed by atoms with van der Waals surface area (Å²) >= 11 is 0. The van der Waals surface area contributed by atoms with E-state index in [0.717, 1.165) is 42.9 Å². The van der Waals surface area contributed by atoms with Gasteiger partial charge in [-0.3, -0.25) is 9.69 Å². The molecule has 38 heavy (non-hydrogen) atoms. The largest absolute Gasteiger partial charge is 0.433 e. The van der Waals surface area contributed by atoms with E-state index in [1.54, 1.807) is 0 Å². The van der Waals surface area contributed by atoms with E-state index in [-0.39, 0.29) is 11.7 Å². The van der Waals surface area contributed by atoms with Crippen LogP contribution in [-0.2, 0) is 11.6 Å². The third-order valence-electron chi connectivity index (χ3n) is 7.49. The SMILES string of the molecule is CC(C)(C)c1nc(N2CCN(CC3CC3CNC(=O)c3cccc4ccccc34)CC2)cc(C(F)(F)F)n1. The fourth-order valence-corrected chi connectivity index (χ4v) is 5.09. The summed E-state index contributed by atoms with van der Waals surface area (Å²) in [4.78, 5) is 25.4. The van der Waals surface area contributed by atoms with Crippen molar-refractivity contribution in [3.8, 4) is 0 Å². The minimum atomic E-state index is -4.51. The summed E-state index contributed by atoms with van der Waals surface area (Å²) in [6, 6.07) is 14.7. The topological polar surface area (TPSA) is 61.4 Å². The highest BCUT2D eigenvalue weighted by Crippen LogP contribution is 2.39. The Labute approximate surface area is 221 Å². The van der Waals surface area contributed by atoms with Crippen molar-refractivity contribution in [1.29, 1.82) is 0 Å². The summed E-state index contributed by atoms with van der Waals surface area (Å²) in [5, 5.41) is 5.12. The number of nitrogens with zero attached hydrogens (tertiary/aromatic N) is 4. The maximum Gasteiger partial charge on any atom is 0.433 e. The molecule has 3 aromatic rings. The van der Waals surface area contributed by atoms with Crippen LogP contribution in [0.4, 0.5) is 19.0 Å². The number of piperazine rings is 1. The van der Waals surface area contributed by atoms with Gasteiger partial charge in [0.1, 0.15) is 17.3 Å². The summed E-state index contributed by atoms with van der Waals surface area (Å²) in [7, 11) is 0. The van der Waals surface area contributed by atoms with Gasteiger partial charge in [0.05, 0.1) is 0 Å². The number of carbonyl (C=O) groups is 1. The molecule has 0 radical (unpaired) electrons. The van der Waals surface area contributed by atoms with E-state index in [2.05, 4.69) is 20.2 Å². The standard InChI is InChI=1S/C29H34F3N5O/c1-28(2,3)27-34-24(29(30,31)32)16-25(35-27)37-13-11-36(12-14-37)18-21-15-20(21)17-33-26(38)23-10-6-8-19-7-4-5-9-22(19)23/h4-10,16,20-21H,11-15,17-18H2,1-3H3,(H,33,38). The first-order valence-corrected chi connectivity index (χ1v) is 13.2. The first-order chi connectivity index (χ1) is 18.0. The number of fused-ring (bicyclic) bond motifs is 1. The molecule has 1 aliphatic carbocycles. The first kappa shape index (κ1) is 26.4. The number of alkyl halides is 3. The number of carbonyl (C=O) groups excluding carboxylic acids is 1. The molecule has 1 saturated heterocycles. The van der Waals surface area contributed by atoms with Crippen LogP contribution in [0.25, 0.3) is 10.8 Å². The van der Waals surface area contributed by atoms with Gasteiger partial charge < -0.3 is 10.2 Å². The van der Waals surface area contributed by atoms with Crippen molar-refractivity contribution in [2.45, 2.75) is 38.8 Å². The molecule has 1 aromatic heterocycles. The molecule has 1 saturated carbocycles. The monoisotopic (exact) mass is 525 g/mol. The molecule has 6 nitrogen and oxygen atoms in total. The molecule has 0 spiro atoms. The number of amides is 1. The second-order valence-electron chi connectivity index (χ2n) is 11.5. The van der Waals surface area contributed by atoms with E-state index in [0.29, 0.717) is 42.9 Å². The number of aromatic nitrogens is 2. The van der Waals surface area contributed by atoms with E-state index >= 15 is 0 Å². The highest BCUT2D eigenvalue weighted by molar-refractivity contribution is 6.07.